The van der Waals surface area contributed by atoms with Crippen molar-refractivity contribution in [3.63, 3.8) is 0 Å². The van der Waals surface area contributed by atoms with Crippen molar-refractivity contribution < 1.29 is 4.79 Å². The summed E-state index contributed by atoms with van der Waals surface area (Å²) in [5.41, 5.74) is 2.09. The lowest BCUT2D eigenvalue weighted by molar-refractivity contribution is -0.132. The van der Waals surface area contributed by atoms with Crippen molar-refractivity contribution in [2.75, 3.05) is 32.1 Å². The summed E-state index contributed by atoms with van der Waals surface area (Å²) < 4.78 is 0. The highest BCUT2D eigenvalue weighted by atomic mass is 16.2. The first-order valence-electron chi connectivity index (χ1n) is 7.83. The molecule has 0 bridgehead atoms. The van der Waals surface area contributed by atoms with Gasteiger partial charge >= 0.3 is 0 Å². The average Bonchev–Trinajstić information content (AvgIpc) is 2.53. The first kappa shape index (κ1) is 15.8. The number of amides is 1. The SMILES string of the molecule is CCC1(C(=O)NCc2ccc(N(C)C)cc2)CCCNC1. The lowest BCUT2D eigenvalue weighted by Crippen LogP contribution is -2.50. The van der Waals surface area contributed by atoms with E-state index in [4.69, 9.17) is 0 Å². The minimum Gasteiger partial charge on any atom is -0.378 e. The zero-order valence-corrected chi connectivity index (χ0v) is 13.4. The Morgan fingerprint density at radius 3 is 2.57 bits per heavy atom. The van der Waals surface area contributed by atoms with E-state index in [1.165, 1.54) is 5.69 Å². The number of benzene rings is 1. The number of nitrogens with one attached hydrogen (secondary N) is 2. The van der Waals surface area contributed by atoms with Crippen LogP contribution < -0.4 is 15.5 Å². The normalized spacial score (nSPS) is 21.9. The van der Waals surface area contributed by atoms with Crippen LogP contribution in [0, 0.1) is 5.41 Å². The van der Waals surface area contributed by atoms with E-state index < -0.39 is 0 Å². The molecule has 1 unspecified atom stereocenters. The monoisotopic (exact) mass is 289 g/mol. The third-order valence-electron chi connectivity index (χ3n) is 4.54. The molecule has 0 aromatic heterocycles. The Morgan fingerprint density at radius 1 is 1.33 bits per heavy atom. The van der Waals surface area contributed by atoms with Crippen LogP contribution in [-0.4, -0.2) is 33.1 Å². The first-order chi connectivity index (χ1) is 10.1. The second kappa shape index (κ2) is 6.94. The quantitative estimate of drug-likeness (QED) is 0.873. The Bertz CT molecular complexity index is 461. The predicted octanol–water partition coefficient (Wildman–Crippen LogP) is 2.15. The third-order valence-corrected chi connectivity index (χ3v) is 4.54. The Balaban J connectivity index is 1.93. The van der Waals surface area contributed by atoms with Crippen molar-refractivity contribution in [3.8, 4) is 0 Å². The second-order valence-corrected chi connectivity index (χ2v) is 6.16. The van der Waals surface area contributed by atoms with Gasteiger partial charge in [0, 0.05) is 32.9 Å². The van der Waals surface area contributed by atoms with Crippen LogP contribution in [0.25, 0.3) is 0 Å². The van der Waals surface area contributed by atoms with Crippen LogP contribution in [0.4, 0.5) is 5.69 Å². The van der Waals surface area contributed by atoms with Gasteiger partial charge in [-0.25, -0.2) is 0 Å². The van der Waals surface area contributed by atoms with Gasteiger partial charge in [0.1, 0.15) is 0 Å². The molecular formula is C17H27N3O. The molecule has 0 saturated carbocycles. The highest BCUT2D eigenvalue weighted by molar-refractivity contribution is 5.83. The summed E-state index contributed by atoms with van der Waals surface area (Å²) >= 11 is 0. The molecule has 1 fully saturated rings. The highest BCUT2D eigenvalue weighted by Crippen LogP contribution is 2.30. The van der Waals surface area contributed by atoms with Crippen molar-refractivity contribution in [1.82, 2.24) is 10.6 Å². The molecule has 0 spiro atoms. The summed E-state index contributed by atoms with van der Waals surface area (Å²) in [6, 6.07) is 8.32. The molecule has 0 radical (unpaired) electrons. The standard InChI is InChI=1S/C17H27N3O/c1-4-17(10-5-11-18-13-17)16(21)19-12-14-6-8-15(9-7-14)20(2)3/h6-9,18H,4-5,10-13H2,1-3H3,(H,19,21). The van der Waals surface area contributed by atoms with Gasteiger partial charge in [0.05, 0.1) is 5.41 Å². The van der Waals surface area contributed by atoms with Crippen molar-refractivity contribution in [2.45, 2.75) is 32.7 Å². The summed E-state index contributed by atoms with van der Waals surface area (Å²) in [5.74, 6) is 0.189. The van der Waals surface area contributed by atoms with E-state index in [0.29, 0.717) is 6.54 Å². The summed E-state index contributed by atoms with van der Waals surface area (Å²) in [4.78, 5) is 14.6. The summed E-state index contributed by atoms with van der Waals surface area (Å²) in [5, 5.41) is 6.48. The van der Waals surface area contributed by atoms with Crippen LogP contribution in [0.2, 0.25) is 0 Å². The van der Waals surface area contributed by atoms with Crippen LogP contribution in [0.5, 0.6) is 0 Å². The molecule has 1 heterocycles. The molecule has 1 aliphatic heterocycles. The number of hydrogen-bond donors (Lipinski definition) is 2. The van der Waals surface area contributed by atoms with E-state index in [-0.39, 0.29) is 11.3 Å². The van der Waals surface area contributed by atoms with Crippen LogP contribution in [0.3, 0.4) is 0 Å². The van der Waals surface area contributed by atoms with Gasteiger partial charge in [-0.15, -0.1) is 0 Å². The Morgan fingerprint density at radius 2 is 2.05 bits per heavy atom. The molecule has 1 aromatic rings. The molecule has 2 rings (SSSR count). The second-order valence-electron chi connectivity index (χ2n) is 6.16. The number of piperidine rings is 1. The molecule has 1 amide bonds. The van der Waals surface area contributed by atoms with Crippen molar-refractivity contribution in [1.29, 1.82) is 0 Å². The number of anilines is 1. The zero-order chi connectivity index (χ0) is 15.3. The first-order valence-corrected chi connectivity index (χ1v) is 7.83. The number of hydrogen-bond acceptors (Lipinski definition) is 3. The molecule has 21 heavy (non-hydrogen) atoms. The van der Waals surface area contributed by atoms with Crippen LogP contribution in [-0.2, 0) is 11.3 Å². The van der Waals surface area contributed by atoms with Crippen molar-refractivity contribution >= 4 is 11.6 Å². The highest BCUT2D eigenvalue weighted by Gasteiger charge is 2.37. The molecule has 1 aromatic carbocycles. The maximum absolute atomic E-state index is 12.5. The number of carbonyl (C=O) groups is 1. The number of nitrogens with zero attached hydrogens (tertiary/aromatic N) is 1. The van der Waals surface area contributed by atoms with Gasteiger partial charge in [0.25, 0.3) is 0 Å². The van der Waals surface area contributed by atoms with Crippen LogP contribution >= 0.6 is 0 Å². The maximum atomic E-state index is 12.5. The third kappa shape index (κ3) is 3.76. The fraction of sp³-hybridized carbons (Fsp3) is 0.588. The number of rotatable bonds is 5. The van der Waals surface area contributed by atoms with E-state index in [2.05, 4.69) is 46.7 Å². The fourth-order valence-electron chi connectivity index (χ4n) is 2.91. The molecule has 1 saturated heterocycles. The van der Waals surface area contributed by atoms with E-state index in [9.17, 15) is 4.79 Å². The molecule has 116 valence electrons. The topological polar surface area (TPSA) is 44.4 Å². The van der Waals surface area contributed by atoms with Crippen LogP contribution in [0.1, 0.15) is 31.7 Å². The molecule has 4 heteroatoms. The van der Waals surface area contributed by atoms with Gasteiger partial charge in [-0.1, -0.05) is 19.1 Å². The molecule has 1 atom stereocenters. The molecule has 2 N–H and O–H groups in total. The van der Waals surface area contributed by atoms with Gasteiger partial charge in [-0.05, 0) is 43.5 Å². The Kier molecular flexibility index (Phi) is 5.23. The number of carbonyl (C=O) groups excluding carboxylic acids is 1. The van der Waals surface area contributed by atoms with Crippen LogP contribution in [0.15, 0.2) is 24.3 Å². The Hall–Kier alpha value is -1.55. The Labute approximate surface area is 127 Å². The summed E-state index contributed by atoms with van der Waals surface area (Å²) in [6.07, 6.45) is 2.96. The van der Waals surface area contributed by atoms with E-state index in [0.717, 1.165) is 37.9 Å². The van der Waals surface area contributed by atoms with Crippen molar-refractivity contribution in [2.24, 2.45) is 5.41 Å². The van der Waals surface area contributed by atoms with Gasteiger partial charge in [0.15, 0.2) is 0 Å². The largest absolute Gasteiger partial charge is 0.378 e. The van der Waals surface area contributed by atoms with E-state index in [1.54, 1.807) is 0 Å². The molecule has 0 aliphatic carbocycles. The maximum Gasteiger partial charge on any atom is 0.227 e. The summed E-state index contributed by atoms with van der Waals surface area (Å²) in [7, 11) is 4.05. The van der Waals surface area contributed by atoms with Gasteiger partial charge in [0.2, 0.25) is 5.91 Å². The smallest absolute Gasteiger partial charge is 0.227 e. The van der Waals surface area contributed by atoms with Gasteiger partial charge in [-0.3, -0.25) is 4.79 Å². The molecule has 4 nitrogen and oxygen atoms in total. The summed E-state index contributed by atoms with van der Waals surface area (Å²) in [6.45, 7) is 4.54. The fourth-order valence-corrected chi connectivity index (χ4v) is 2.91. The molecule has 1 aliphatic rings. The minimum absolute atomic E-state index is 0.189. The zero-order valence-electron chi connectivity index (χ0n) is 13.4. The lowest BCUT2D eigenvalue weighted by Gasteiger charge is -2.35. The molecular weight excluding hydrogens is 262 g/mol. The lowest BCUT2D eigenvalue weighted by atomic mass is 9.77. The minimum atomic E-state index is -0.220. The van der Waals surface area contributed by atoms with E-state index in [1.807, 2.05) is 14.1 Å². The van der Waals surface area contributed by atoms with Gasteiger partial charge in [-0.2, -0.15) is 0 Å². The van der Waals surface area contributed by atoms with E-state index >= 15 is 0 Å². The van der Waals surface area contributed by atoms with Gasteiger partial charge < -0.3 is 15.5 Å². The average molecular weight is 289 g/mol. The predicted molar refractivity (Wildman–Crippen MR) is 87.4 cm³/mol. The van der Waals surface area contributed by atoms with Crippen molar-refractivity contribution in [3.05, 3.63) is 29.8 Å².